The van der Waals surface area contributed by atoms with Gasteiger partial charge in [0.15, 0.2) is 11.9 Å². The van der Waals surface area contributed by atoms with E-state index in [1.165, 1.54) is 39.2 Å². The summed E-state index contributed by atoms with van der Waals surface area (Å²) in [4.78, 5) is 36.0. The average molecular weight is 357 g/mol. The maximum atomic E-state index is 12.3. The monoisotopic (exact) mass is 357 g/mol. The second kappa shape index (κ2) is 8.15. The fourth-order valence-corrected chi connectivity index (χ4v) is 2.22. The van der Waals surface area contributed by atoms with Crippen molar-refractivity contribution in [3.63, 3.8) is 0 Å². The van der Waals surface area contributed by atoms with Crippen molar-refractivity contribution in [2.45, 2.75) is 20.0 Å². The van der Waals surface area contributed by atoms with Gasteiger partial charge in [0, 0.05) is 11.6 Å². The van der Waals surface area contributed by atoms with Crippen LogP contribution in [0, 0.1) is 0 Å². The molecule has 0 unspecified atom stereocenters. The second-order valence-corrected chi connectivity index (χ2v) is 5.52. The zero-order valence-electron chi connectivity index (χ0n) is 14.6. The number of aromatic hydroxyl groups is 1. The zero-order chi connectivity index (χ0) is 19.3. The fraction of sp³-hybridized carbons (Fsp3) is 0.211. The van der Waals surface area contributed by atoms with Crippen LogP contribution in [0.2, 0.25) is 0 Å². The number of rotatable bonds is 6. The molecule has 0 radical (unpaired) electrons. The number of amides is 1. The third kappa shape index (κ3) is 4.38. The molecule has 0 spiro atoms. The number of phenols is 1. The number of esters is 1. The summed E-state index contributed by atoms with van der Waals surface area (Å²) in [7, 11) is 1.43. The van der Waals surface area contributed by atoms with E-state index in [1.807, 2.05) is 0 Å². The molecule has 0 aliphatic heterocycles. The molecule has 2 N–H and O–H groups in total. The van der Waals surface area contributed by atoms with Gasteiger partial charge in [0.25, 0.3) is 5.91 Å². The van der Waals surface area contributed by atoms with Crippen LogP contribution in [0.15, 0.2) is 42.5 Å². The highest BCUT2D eigenvalue weighted by Gasteiger charge is 2.22. The molecular formula is C19H19NO6. The lowest BCUT2D eigenvalue weighted by atomic mass is 10.1. The molecule has 0 saturated heterocycles. The van der Waals surface area contributed by atoms with Crippen molar-refractivity contribution in [3.8, 4) is 11.5 Å². The molecule has 26 heavy (non-hydrogen) atoms. The summed E-state index contributed by atoms with van der Waals surface area (Å²) in [5.41, 5.74) is 0.599. The number of carbonyl (C=O) groups is 3. The first-order chi connectivity index (χ1) is 12.3. The number of ketones is 1. The van der Waals surface area contributed by atoms with Gasteiger partial charge in [-0.3, -0.25) is 9.59 Å². The Balaban J connectivity index is 2.07. The van der Waals surface area contributed by atoms with Crippen LogP contribution in [0.25, 0.3) is 0 Å². The highest BCUT2D eigenvalue weighted by atomic mass is 16.5. The summed E-state index contributed by atoms with van der Waals surface area (Å²) in [5, 5.41) is 12.4. The molecule has 1 amide bonds. The number of hydrogen-bond acceptors (Lipinski definition) is 6. The molecule has 0 bridgehead atoms. The van der Waals surface area contributed by atoms with Gasteiger partial charge in [-0.2, -0.15) is 0 Å². The summed E-state index contributed by atoms with van der Waals surface area (Å²) >= 11 is 0. The number of hydrogen-bond donors (Lipinski definition) is 2. The Morgan fingerprint density at radius 1 is 1.08 bits per heavy atom. The van der Waals surface area contributed by atoms with Crippen LogP contribution in [0.5, 0.6) is 11.5 Å². The number of ether oxygens (including phenoxy) is 2. The van der Waals surface area contributed by atoms with Crippen molar-refractivity contribution in [2.75, 3.05) is 12.4 Å². The van der Waals surface area contributed by atoms with Gasteiger partial charge in [-0.05, 0) is 38.1 Å². The number of para-hydroxylation sites is 1. The number of phenolic OH excluding ortho intramolecular Hbond substituents is 1. The van der Waals surface area contributed by atoms with Gasteiger partial charge in [0.2, 0.25) is 0 Å². The zero-order valence-corrected chi connectivity index (χ0v) is 14.6. The van der Waals surface area contributed by atoms with E-state index in [9.17, 15) is 19.5 Å². The number of Topliss-reactive ketones (excluding diaryl/α,β-unsaturated/α-hetero) is 1. The van der Waals surface area contributed by atoms with E-state index in [0.717, 1.165) is 0 Å². The van der Waals surface area contributed by atoms with Crippen molar-refractivity contribution in [1.29, 1.82) is 0 Å². The number of benzene rings is 2. The molecule has 7 heteroatoms. The Labute approximate surface area is 150 Å². The molecule has 1 atom stereocenters. The third-order valence-electron chi connectivity index (χ3n) is 3.64. The molecular weight excluding hydrogens is 338 g/mol. The normalized spacial score (nSPS) is 11.3. The van der Waals surface area contributed by atoms with E-state index in [-0.39, 0.29) is 17.1 Å². The third-order valence-corrected chi connectivity index (χ3v) is 3.64. The first-order valence-electron chi connectivity index (χ1n) is 7.82. The number of methoxy groups -OCH3 is 1. The first kappa shape index (κ1) is 19.0. The Hall–Kier alpha value is -3.35. The van der Waals surface area contributed by atoms with E-state index >= 15 is 0 Å². The minimum absolute atomic E-state index is 0.0883. The predicted octanol–water partition coefficient (Wildman–Crippen LogP) is 2.79. The molecule has 7 nitrogen and oxygen atoms in total. The fourth-order valence-electron chi connectivity index (χ4n) is 2.22. The molecule has 136 valence electrons. The van der Waals surface area contributed by atoms with Crippen LogP contribution in [0.3, 0.4) is 0 Å². The van der Waals surface area contributed by atoms with Gasteiger partial charge in [-0.15, -0.1) is 0 Å². The van der Waals surface area contributed by atoms with E-state index in [0.29, 0.717) is 17.0 Å². The van der Waals surface area contributed by atoms with Gasteiger partial charge in [0.05, 0.1) is 12.8 Å². The number of carbonyl (C=O) groups excluding carboxylic acids is 3. The van der Waals surface area contributed by atoms with Gasteiger partial charge < -0.3 is 19.9 Å². The molecule has 0 fully saturated rings. The van der Waals surface area contributed by atoms with Crippen LogP contribution < -0.4 is 10.1 Å². The first-order valence-corrected chi connectivity index (χ1v) is 7.82. The van der Waals surface area contributed by atoms with Gasteiger partial charge in [-0.25, -0.2) is 4.79 Å². The largest absolute Gasteiger partial charge is 0.507 e. The van der Waals surface area contributed by atoms with Crippen LogP contribution in [-0.4, -0.2) is 36.0 Å². The standard InChI is InChI=1S/C19H19NO6/c1-11(21)14-6-4-5-7-16(14)20-18(23)12(2)26-19(24)15-9-8-13(25-3)10-17(15)22/h4-10,12,22H,1-3H3,(H,20,23)/t12-/m0/s1. The highest BCUT2D eigenvalue weighted by Crippen LogP contribution is 2.24. The van der Waals surface area contributed by atoms with Crippen molar-refractivity contribution in [3.05, 3.63) is 53.6 Å². The Morgan fingerprint density at radius 2 is 1.77 bits per heavy atom. The van der Waals surface area contributed by atoms with Crippen LogP contribution in [0.4, 0.5) is 5.69 Å². The topological polar surface area (TPSA) is 102 Å². The summed E-state index contributed by atoms with van der Waals surface area (Å²) in [6.07, 6.45) is -1.14. The van der Waals surface area contributed by atoms with Gasteiger partial charge in [0.1, 0.15) is 17.1 Å². The lowest BCUT2D eigenvalue weighted by Gasteiger charge is -2.15. The molecule has 0 aliphatic carbocycles. The minimum Gasteiger partial charge on any atom is -0.507 e. The summed E-state index contributed by atoms with van der Waals surface area (Å²) in [6.45, 7) is 2.78. The maximum Gasteiger partial charge on any atom is 0.342 e. The van der Waals surface area contributed by atoms with E-state index < -0.39 is 18.0 Å². The highest BCUT2D eigenvalue weighted by molar-refractivity contribution is 6.05. The van der Waals surface area contributed by atoms with Crippen molar-refractivity contribution >= 4 is 23.3 Å². The Morgan fingerprint density at radius 3 is 2.38 bits per heavy atom. The van der Waals surface area contributed by atoms with E-state index in [4.69, 9.17) is 9.47 Å². The molecule has 2 rings (SSSR count). The van der Waals surface area contributed by atoms with E-state index in [1.54, 1.807) is 24.3 Å². The van der Waals surface area contributed by atoms with Crippen molar-refractivity contribution < 1.29 is 29.0 Å². The van der Waals surface area contributed by atoms with Gasteiger partial charge >= 0.3 is 5.97 Å². The molecule has 2 aromatic carbocycles. The lowest BCUT2D eigenvalue weighted by Crippen LogP contribution is -2.30. The molecule has 0 aromatic heterocycles. The average Bonchev–Trinajstić information content (AvgIpc) is 2.61. The SMILES string of the molecule is COc1ccc(C(=O)O[C@@H](C)C(=O)Nc2ccccc2C(C)=O)c(O)c1. The molecule has 0 heterocycles. The minimum atomic E-state index is -1.14. The molecule has 2 aromatic rings. The van der Waals surface area contributed by atoms with E-state index in [2.05, 4.69) is 5.32 Å². The smallest absolute Gasteiger partial charge is 0.342 e. The number of anilines is 1. The lowest BCUT2D eigenvalue weighted by molar-refractivity contribution is -0.123. The Kier molecular flexibility index (Phi) is 5.95. The quantitative estimate of drug-likeness (QED) is 0.609. The molecule has 0 aliphatic rings. The van der Waals surface area contributed by atoms with Crippen LogP contribution in [0.1, 0.15) is 34.6 Å². The predicted molar refractivity (Wildman–Crippen MR) is 94.6 cm³/mol. The maximum absolute atomic E-state index is 12.3. The van der Waals surface area contributed by atoms with Crippen LogP contribution in [-0.2, 0) is 9.53 Å². The van der Waals surface area contributed by atoms with Crippen LogP contribution >= 0.6 is 0 Å². The van der Waals surface area contributed by atoms with Crippen molar-refractivity contribution in [1.82, 2.24) is 0 Å². The summed E-state index contributed by atoms with van der Waals surface area (Å²) in [6, 6.07) is 10.6. The second-order valence-electron chi connectivity index (χ2n) is 5.52. The number of nitrogens with one attached hydrogen (secondary N) is 1. The summed E-state index contributed by atoms with van der Waals surface area (Å²) < 4.78 is 10.0. The Bertz CT molecular complexity index is 846. The molecule has 0 saturated carbocycles. The van der Waals surface area contributed by atoms with Gasteiger partial charge in [-0.1, -0.05) is 12.1 Å². The van der Waals surface area contributed by atoms with Crippen molar-refractivity contribution in [2.24, 2.45) is 0 Å². The summed E-state index contributed by atoms with van der Waals surface area (Å²) in [5.74, 6) is -1.59.